The zero-order valence-electron chi connectivity index (χ0n) is 55.7. The summed E-state index contributed by atoms with van der Waals surface area (Å²) >= 11 is 0. The molecule has 0 amide bonds. The molecule has 0 N–H and O–H groups in total. The van der Waals surface area contributed by atoms with Gasteiger partial charge in [-0.25, -0.2) is 0 Å². The molecule has 476 valence electrons. The van der Waals surface area contributed by atoms with Gasteiger partial charge in [0.2, 0.25) is 0 Å². The molecular formula is C98H64N4. The normalized spacial score (nSPS) is 11.5. The van der Waals surface area contributed by atoms with Gasteiger partial charge in [0.15, 0.2) is 0 Å². The number of para-hydroxylation sites is 4. The van der Waals surface area contributed by atoms with Gasteiger partial charge in [0.05, 0.1) is 33.5 Å². The first kappa shape index (κ1) is 59.7. The third-order valence-corrected chi connectivity index (χ3v) is 20.5. The number of rotatable bonds is 10. The Hall–Kier alpha value is -13.5. The fourth-order valence-electron chi connectivity index (χ4n) is 15.9. The standard InChI is InChI=1S/2C49H32N2/c1-3-14-33(15-4-1)34-26-28-35(29-27-34)47-38-18-7-9-20-40(38)48(41-21-10-8-19-39(41)47)36-30-31-44(50-32-36)42-23-13-25-46-49(42)43-22-11-12-24-45(43)51(46)37-16-5-2-6-17-37;1-3-13-33(14-4-1)34-23-25-35(26-24-34)48-40-18-7-9-20-42(40)49(43-21-10-8-19-41(43)48)37-27-29-45(50-32-37)36-28-30-47-44(31-36)39-17-11-12-22-46(39)51(47)38-15-5-2-6-16-38/h2*1-32H. The Balaban J connectivity index is 0.000000141. The van der Waals surface area contributed by atoms with E-state index in [2.05, 4.69) is 398 Å². The fraction of sp³-hybridized carbons (Fsp3) is 0. The van der Waals surface area contributed by atoms with Crippen molar-refractivity contribution in [3.05, 3.63) is 389 Å². The number of benzene rings is 16. The third kappa shape index (κ3) is 10.3. The fourth-order valence-corrected chi connectivity index (χ4v) is 15.9. The minimum absolute atomic E-state index is 0.959. The van der Waals surface area contributed by atoms with Gasteiger partial charge in [-0.1, -0.05) is 309 Å². The number of nitrogens with zero attached hydrogens (tertiary/aromatic N) is 4. The Kier molecular flexibility index (Phi) is 14.9. The molecule has 0 radical (unpaired) electrons. The first-order chi connectivity index (χ1) is 50.6. The van der Waals surface area contributed by atoms with Crippen molar-refractivity contribution in [1.82, 2.24) is 19.1 Å². The highest BCUT2D eigenvalue weighted by Crippen LogP contribution is 2.47. The maximum Gasteiger partial charge on any atom is 0.0709 e. The van der Waals surface area contributed by atoms with Crippen LogP contribution in [0.2, 0.25) is 0 Å². The van der Waals surface area contributed by atoms with Crippen LogP contribution in [-0.2, 0) is 0 Å². The number of aromatic nitrogens is 4. The molecule has 0 saturated heterocycles. The number of hydrogen-bond donors (Lipinski definition) is 0. The van der Waals surface area contributed by atoms with Crippen molar-refractivity contribution in [2.45, 2.75) is 0 Å². The third-order valence-electron chi connectivity index (χ3n) is 20.5. The predicted molar refractivity (Wildman–Crippen MR) is 431 cm³/mol. The van der Waals surface area contributed by atoms with Gasteiger partial charge in [0.25, 0.3) is 0 Å². The second-order valence-electron chi connectivity index (χ2n) is 26.2. The molecule has 0 spiro atoms. The van der Waals surface area contributed by atoms with Crippen LogP contribution < -0.4 is 0 Å². The van der Waals surface area contributed by atoms with Gasteiger partial charge in [0, 0.05) is 67.6 Å². The molecule has 0 saturated carbocycles. The van der Waals surface area contributed by atoms with E-state index in [4.69, 9.17) is 9.97 Å². The van der Waals surface area contributed by atoms with Gasteiger partial charge in [0.1, 0.15) is 0 Å². The Morgan fingerprint density at radius 2 is 0.480 bits per heavy atom. The Bertz CT molecular complexity index is 6410. The number of hydrogen-bond acceptors (Lipinski definition) is 2. The molecule has 0 atom stereocenters. The van der Waals surface area contributed by atoms with Crippen molar-refractivity contribution in [2.75, 3.05) is 0 Å². The summed E-state index contributed by atoms with van der Waals surface area (Å²) in [6.07, 6.45) is 4.11. The van der Waals surface area contributed by atoms with Crippen LogP contribution in [-0.4, -0.2) is 19.1 Å². The maximum absolute atomic E-state index is 5.19. The van der Waals surface area contributed by atoms with Gasteiger partial charge >= 0.3 is 0 Å². The maximum atomic E-state index is 5.19. The molecule has 0 aliphatic rings. The minimum Gasteiger partial charge on any atom is -0.309 e. The van der Waals surface area contributed by atoms with E-state index < -0.39 is 0 Å². The van der Waals surface area contributed by atoms with Crippen LogP contribution >= 0.6 is 0 Å². The Morgan fingerprint density at radius 3 is 0.912 bits per heavy atom. The molecule has 20 aromatic rings. The largest absolute Gasteiger partial charge is 0.309 e. The van der Waals surface area contributed by atoms with Crippen LogP contribution in [0.5, 0.6) is 0 Å². The minimum atomic E-state index is 0.959. The summed E-state index contributed by atoms with van der Waals surface area (Å²) in [5.41, 5.74) is 25.7. The second-order valence-corrected chi connectivity index (χ2v) is 26.2. The van der Waals surface area contributed by atoms with E-state index >= 15 is 0 Å². The van der Waals surface area contributed by atoms with Gasteiger partial charge in [-0.05, 0) is 165 Å². The first-order valence-electron chi connectivity index (χ1n) is 34.9. The van der Waals surface area contributed by atoms with Crippen molar-refractivity contribution >= 4 is 86.7 Å². The molecule has 0 aliphatic carbocycles. The Morgan fingerprint density at radius 1 is 0.176 bits per heavy atom. The van der Waals surface area contributed by atoms with Crippen LogP contribution in [0.25, 0.3) is 187 Å². The first-order valence-corrected chi connectivity index (χ1v) is 34.9. The summed E-state index contributed by atoms with van der Waals surface area (Å²) in [7, 11) is 0. The van der Waals surface area contributed by atoms with E-state index in [1.165, 1.54) is 142 Å². The molecule has 4 heteroatoms. The lowest BCUT2D eigenvalue weighted by atomic mass is 9.86. The van der Waals surface area contributed by atoms with Gasteiger partial charge < -0.3 is 9.13 Å². The second kappa shape index (κ2) is 25.4. The highest BCUT2D eigenvalue weighted by atomic mass is 15.0. The average molecular weight is 1300 g/mol. The highest BCUT2D eigenvalue weighted by molar-refractivity contribution is 6.23. The van der Waals surface area contributed by atoms with E-state index in [1.807, 2.05) is 0 Å². The quantitative estimate of drug-likeness (QED) is 0.128. The molecule has 102 heavy (non-hydrogen) atoms. The predicted octanol–water partition coefficient (Wildman–Crippen LogP) is 26.3. The number of pyridine rings is 2. The summed E-state index contributed by atoms with van der Waals surface area (Å²) in [6, 6.07) is 135. The summed E-state index contributed by atoms with van der Waals surface area (Å²) in [4.78, 5) is 10.3. The smallest absolute Gasteiger partial charge is 0.0709 e. The summed E-state index contributed by atoms with van der Waals surface area (Å²) in [5, 5.41) is 14.8. The van der Waals surface area contributed by atoms with E-state index in [1.54, 1.807) is 0 Å². The van der Waals surface area contributed by atoms with Crippen LogP contribution in [0, 0.1) is 0 Å². The summed E-state index contributed by atoms with van der Waals surface area (Å²) < 4.78 is 4.71. The lowest BCUT2D eigenvalue weighted by Gasteiger charge is -2.18. The van der Waals surface area contributed by atoms with E-state index in [0.717, 1.165) is 45.0 Å². The van der Waals surface area contributed by atoms with E-state index in [0.29, 0.717) is 0 Å². The Labute approximate surface area is 591 Å². The zero-order chi connectivity index (χ0) is 67.5. The molecule has 4 heterocycles. The van der Waals surface area contributed by atoms with Crippen LogP contribution in [0.3, 0.4) is 0 Å². The zero-order valence-corrected chi connectivity index (χ0v) is 55.7. The van der Waals surface area contributed by atoms with Gasteiger partial charge in [-0.15, -0.1) is 0 Å². The molecule has 0 unspecified atom stereocenters. The van der Waals surface area contributed by atoms with E-state index in [9.17, 15) is 0 Å². The van der Waals surface area contributed by atoms with Crippen molar-refractivity contribution in [1.29, 1.82) is 0 Å². The van der Waals surface area contributed by atoms with Crippen LogP contribution in [0.1, 0.15) is 0 Å². The van der Waals surface area contributed by atoms with Gasteiger partial charge in [-0.3, -0.25) is 9.97 Å². The van der Waals surface area contributed by atoms with Crippen molar-refractivity contribution in [3.63, 3.8) is 0 Å². The highest BCUT2D eigenvalue weighted by Gasteiger charge is 2.22. The average Bonchev–Trinajstić information content (AvgIpc) is 1.02. The molecule has 4 aromatic heterocycles. The molecule has 16 aromatic carbocycles. The molecule has 0 fully saturated rings. The molecule has 20 rings (SSSR count). The van der Waals surface area contributed by atoms with Crippen molar-refractivity contribution < 1.29 is 0 Å². The lowest BCUT2D eigenvalue weighted by Crippen LogP contribution is -1.93. The lowest BCUT2D eigenvalue weighted by molar-refractivity contribution is 1.18. The molecule has 0 aliphatic heterocycles. The molecule has 4 nitrogen and oxygen atoms in total. The van der Waals surface area contributed by atoms with Crippen molar-refractivity contribution in [3.8, 4) is 101 Å². The van der Waals surface area contributed by atoms with Crippen LogP contribution in [0.4, 0.5) is 0 Å². The number of fused-ring (bicyclic) bond motifs is 10. The molecule has 0 bridgehead atoms. The van der Waals surface area contributed by atoms with Gasteiger partial charge in [-0.2, -0.15) is 0 Å². The summed E-state index contributed by atoms with van der Waals surface area (Å²) in [6.45, 7) is 0. The SMILES string of the molecule is c1ccc(-c2ccc(-c3c4ccccc4c(-c4ccc(-c5ccc6c(c5)c5ccccc5n6-c5ccccc5)nc4)c4ccccc34)cc2)cc1.c1ccc(-c2ccc(-c3c4ccccc4c(-c4ccc(-c5cccc6c5c5ccccc5n6-c5ccccc5)nc4)c4ccccc34)cc2)cc1. The van der Waals surface area contributed by atoms with E-state index in [-0.39, 0.29) is 0 Å². The monoisotopic (exact) mass is 1300 g/mol. The van der Waals surface area contributed by atoms with Crippen LogP contribution in [0.15, 0.2) is 389 Å². The van der Waals surface area contributed by atoms with Crippen molar-refractivity contribution in [2.24, 2.45) is 0 Å². The molecular weight excluding hydrogens is 1230 g/mol. The topological polar surface area (TPSA) is 35.6 Å². The summed E-state index contributed by atoms with van der Waals surface area (Å²) in [5.74, 6) is 0.